The first kappa shape index (κ1) is 44.8. The summed E-state index contributed by atoms with van der Waals surface area (Å²) in [6.07, 6.45) is -2.38. The molecule has 1 aliphatic rings. The number of rotatable bonds is 16. The normalized spacial score (nSPS) is 15.8. The molecule has 3 atom stereocenters. The van der Waals surface area contributed by atoms with Gasteiger partial charge in [-0.25, -0.2) is 9.59 Å². The van der Waals surface area contributed by atoms with Crippen LogP contribution in [0.15, 0.2) is 52.9 Å². The summed E-state index contributed by atoms with van der Waals surface area (Å²) in [6.45, 7) is 11.5. The number of esters is 2. The number of hydrogen-bond donors (Lipinski definition) is 1. The molecule has 0 radical (unpaired) electrons. The second kappa shape index (κ2) is 21.4. The number of aliphatic hydroxyl groups excluding tert-OH is 1. The second-order valence-corrected chi connectivity index (χ2v) is 13.8. The number of aliphatic hydroxyl groups is 1. The van der Waals surface area contributed by atoms with Gasteiger partial charge in [-0.2, -0.15) is 24.9 Å². The van der Waals surface area contributed by atoms with Crippen LogP contribution in [0.3, 0.4) is 0 Å². The van der Waals surface area contributed by atoms with Crippen LogP contribution in [0.1, 0.15) is 89.6 Å². The van der Waals surface area contributed by atoms with E-state index in [0.29, 0.717) is 48.5 Å². The average Bonchev–Trinajstić information content (AvgIpc) is 3.07. The highest BCUT2D eigenvalue weighted by Gasteiger charge is 2.33. The summed E-state index contributed by atoms with van der Waals surface area (Å²) in [4.78, 5) is 52.0. The van der Waals surface area contributed by atoms with E-state index in [0.717, 1.165) is 48.9 Å². The van der Waals surface area contributed by atoms with Gasteiger partial charge in [0.2, 0.25) is 0 Å². The van der Waals surface area contributed by atoms with Crippen LogP contribution in [0.25, 0.3) is 0 Å². The van der Waals surface area contributed by atoms with Crippen molar-refractivity contribution in [3.8, 4) is 11.5 Å². The molecule has 1 N–H and O–H groups in total. The number of carbonyl (C=O) groups is 3. The van der Waals surface area contributed by atoms with Crippen molar-refractivity contribution >= 4 is 52.5 Å². The molecule has 0 fully saturated rings. The Hall–Kier alpha value is -4.31. The zero-order valence-electron chi connectivity index (χ0n) is 30.3. The molecule has 53 heavy (non-hydrogen) atoms. The molecule has 0 bridgehead atoms. The lowest BCUT2D eigenvalue weighted by Crippen LogP contribution is -2.26. The summed E-state index contributed by atoms with van der Waals surface area (Å²) in [5, 5.41) is 25.8. The van der Waals surface area contributed by atoms with E-state index in [1.807, 2.05) is 25.6 Å². The molecule has 17 heteroatoms. The summed E-state index contributed by atoms with van der Waals surface area (Å²) in [5.74, 6) is -0.836. The van der Waals surface area contributed by atoms with Crippen LogP contribution >= 0.6 is 23.4 Å². The van der Waals surface area contributed by atoms with Crippen LogP contribution in [0.5, 0.6) is 11.5 Å². The molecule has 0 aliphatic heterocycles. The number of carbonyl (C=O) groups excluding carboxylic acids is 3. The zero-order chi connectivity index (χ0) is 39.9. The number of oxime groups is 1. The number of ketones is 1. The van der Waals surface area contributed by atoms with Crippen LogP contribution in [-0.4, -0.2) is 63.8 Å². The van der Waals surface area contributed by atoms with E-state index in [9.17, 15) is 42.8 Å². The molecule has 0 saturated carbocycles. The highest BCUT2D eigenvalue weighted by molar-refractivity contribution is 7.99. The van der Waals surface area contributed by atoms with Crippen molar-refractivity contribution in [2.75, 3.05) is 19.0 Å². The summed E-state index contributed by atoms with van der Waals surface area (Å²) in [7, 11) is 0. The average molecular weight is 789 g/mol. The minimum atomic E-state index is -4.61. The van der Waals surface area contributed by atoms with Gasteiger partial charge in [0.15, 0.2) is 11.9 Å². The van der Waals surface area contributed by atoms with Crippen molar-refractivity contribution in [1.29, 1.82) is 0 Å². The Balaban J connectivity index is 0.000000390. The predicted octanol–water partition coefficient (Wildman–Crippen LogP) is 9.67. The maximum atomic E-state index is 12.8. The summed E-state index contributed by atoms with van der Waals surface area (Å²) in [6, 6.07) is 5.37. The van der Waals surface area contributed by atoms with Crippen molar-refractivity contribution < 1.29 is 56.6 Å². The summed E-state index contributed by atoms with van der Waals surface area (Å²) >= 11 is 7.73. The zero-order valence-corrected chi connectivity index (χ0v) is 31.9. The van der Waals surface area contributed by atoms with Gasteiger partial charge < -0.3 is 24.2 Å². The van der Waals surface area contributed by atoms with E-state index in [2.05, 4.69) is 19.0 Å². The van der Waals surface area contributed by atoms with Gasteiger partial charge in [-0.15, -0.1) is 0 Å². The molecule has 0 aromatic heterocycles. The van der Waals surface area contributed by atoms with Gasteiger partial charge in [0.05, 0.1) is 33.4 Å². The first-order valence-electron chi connectivity index (χ1n) is 16.9. The number of nitrogens with zero attached hydrogens (tertiary/aromatic N) is 2. The third kappa shape index (κ3) is 13.9. The SMILES string of the molecule is CCCC(=NOCC)C1=C(O)CC(CC(C)SCC)CC1=O.CCOC(=O)C(C)OC(=O)c1cc(Oc2ccc(C(F)(F)F)cc2Cl)ccc1[N+](=O)[O-]. The maximum Gasteiger partial charge on any atom is 0.416 e. The number of ether oxygens (including phenoxy) is 3. The fraction of sp³-hybridized carbons (Fsp3) is 0.500. The minimum Gasteiger partial charge on any atom is -0.511 e. The Morgan fingerprint density at radius 3 is 2.34 bits per heavy atom. The Labute approximate surface area is 315 Å². The fourth-order valence-corrected chi connectivity index (χ4v) is 6.40. The van der Waals surface area contributed by atoms with Crippen molar-refractivity contribution in [2.24, 2.45) is 11.1 Å². The third-order valence-electron chi connectivity index (χ3n) is 7.49. The van der Waals surface area contributed by atoms with E-state index in [1.54, 1.807) is 6.92 Å². The Morgan fingerprint density at radius 2 is 1.79 bits per heavy atom. The van der Waals surface area contributed by atoms with E-state index < -0.39 is 46.0 Å². The molecule has 3 rings (SSSR count). The highest BCUT2D eigenvalue weighted by atomic mass is 35.5. The molecule has 2 aromatic carbocycles. The van der Waals surface area contributed by atoms with E-state index in [1.165, 1.54) is 6.92 Å². The largest absolute Gasteiger partial charge is 0.511 e. The molecule has 3 unspecified atom stereocenters. The van der Waals surface area contributed by atoms with E-state index in [-0.39, 0.29) is 40.6 Å². The van der Waals surface area contributed by atoms with Crippen molar-refractivity contribution in [1.82, 2.24) is 0 Å². The number of alkyl halides is 3. The van der Waals surface area contributed by atoms with Crippen LogP contribution in [0.2, 0.25) is 5.02 Å². The van der Waals surface area contributed by atoms with Crippen molar-refractivity contribution in [3.05, 3.63) is 74.0 Å². The molecule has 0 heterocycles. The maximum absolute atomic E-state index is 12.8. The van der Waals surface area contributed by atoms with Gasteiger partial charge in [-0.1, -0.05) is 43.9 Å². The number of Topliss-reactive ketones (excluding diaryl/α,β-unsaturated/α-hetero) is 1. The molecular formula is C36H44ClF3N2O10S. The number of benzene rings is 2. The number of nitro groups is 1. The quantitative estimate of drug-likeness (QED) is 0.0745. The molecule has 12 nitrogen and oxygen atoms in total. The first-order chi connectivity index (χ1) is 25.0. The number of nitro benzene ring substituents is 1. The molecule has 0 amide bonds. The lowest BCUT2D eigenvalue weighted by atomic mass is 9.82. The molecule has 292 valence electrons. The molecular weight excluding hydrogens is 745 g/mol. The van der Waals surface area contributed by atoms with E-state index in [4.69, 9.17) is 30.6 Å². The Morgan fingerprint density at radius 1 is 1.09 bits per heavy atom. The minimum absolute atomic E-state index is 0.00866. The van der Waals surface area contributed by atoms with Crippen LogP contribution in [-0.2, 0) is 30.1 Å². The predicted molar refractivity (Wildman–Crippen MR) is 195 cm³/mol. The number of thioether (sulfide) groups is 1. The standard InChI is InChI=1S/C19H15ClF3NO7.C17H29NO3S/c1-3-29-17(25)10(2)30-18(26)13-9-12(5-6-15(13)24(27)28)31-16-7-4-11(8-14(16)20)19(21,22)23;1-5-8-14(18-21-6-2)17-15(19)10-13(11-16(17)20)9-12(4)22-7-3/h4-10H,3H2,1-2H3;12-13,19H,5-11H2,1-4H3. The Kier molecular flexibility index (Phi) is 18.1. The van der Waals surface area contributed by atoms with Crippen molar-refractivity contribution in [3.63, 3.8) is 0 Å². The molecule has 0 spiro atoms. The van der Waals surface area contributed by atoms with Gasteiger partial charge in [-0.05, 0) is 69.5 Å². The number of allylic oxidation sites excluding steroid dienone is 2. The first-order valence-corrected chi connectivity index (χ1v) is 18.4. The summed E-state index contributed by atoms with van der Waals surface area (Å²) < 4.78 is 53.2. The van der Waals surface area contributed by atoms with Gasteiger partial charge in [0.25, 0.3) is 5.69 Å². The van der Waals surface area contributed by atoms with Gasteiger partial charge in [-0.3, -0.25) is 14.9 Å². The van der Waals surface area contributed by atoms with Crippen LogP contribution in [0.4, 0.5) is 18.9 Å². The monoisotopic (exact) mass is 788 g/mol. The van der Waals surface area contributed by atoms with E-state index >= 15 is 0 Å². The fourth-order valence-electron chi connectivity index (χ4n) is 5.20. The highest BCUT2D eigenvalue weighted by Crippen LogP contribution is 2.37. The molecule has 1 aliphatic carbocycles. The second-order valence-electron chi connectivity index (χ2n) is 11.7. The summed E-state index contributed by atoms with van der Waals surface area (Å²) in [5.41, 5.74) is -1.16. The topological polar surface area (TPSA) is 164 Å². The van der Waals surface area contributed by atoms with Gasteiger partial charge >= 0.3 is 18.1 Å². The van der Waals surface area contributed by atoms with Crippen LogP contribution in [0, 0.1) is 16.0 Å². The van der Waals surface area contributed by atoms with Crippen LogP contribution < -0.4 is 4.74 Å². The lowest BCUT2D eigenvalue weighted by molar-refractivity contribution is -0.385. The third-order valence-corrected chi connectivity index (χ3v) is 8.88. The smallest absolute Gasteiger partial charge is 0.416 e. The van der Waals surface area contributed by atoms with Gasteiger partial charge in [0, 0.05) is 30.2 Å². The molecule has 2 aromatic rings. The van der Waals surface area contributed by atoms with Crippen molar-refractivity contribution in [2.45, 2.75) is 91.2 Å². The number of hydrogen-bond acceptors (Lipinski definition) is 12. The van der Waals surface area contributed by atoms with Gasteiger partial charge in [0.1, 0.15) is 29.4 Å². The Bertz CT molecular complexity index is 1670. The number of halogens is 4. The molecule has 0 saturated heterocycles. The lowest BCUT2D eigenvalue weighted by Gasteiger charge is -2.25.